The molecule has 9 nitrogen and oxygen atoms in total. The molecule has 0 spiro atoms. The molecule has 1 saturated carbocycles. The number of carbonyl (C=O) groups is 3. The van der Waals surface area contributed by atoms with Crippen LogP contribution in [0.15, 0.2) is 24.4 Å². The van der Waals surface area contributed by atoms with Gasteiger partial charge >= 0.3 is 6.09 Å². The van der Waals surface area contributed by atoms with Crippen molar-refractivity contribution in [2.45, 2.75) is 45.8 Å². The van der Waals surface area contributed by atoms with E-state index < -0.39 is 11.7 Å². The standard InChI is InChI=1S/C22H29N5O4/c1-22(2,3)31-21(30)23-17-6-7-18-16(12-17)13-27(24-18)14-19(28)25-8-10-26(11-9-25)20(29)15-4-5-15/h6-7,12-13,15H,4-5,8-11,14H2,1-3H3,(H,23,30). The summed E-state index contributed by atoms with van der Waals surface area (Å²) in [7, 11) is 0. The van der Waals surface area contributed by atoms with Crippen molar-refractivity contribution in [2.75, 3.05) is 31.5 Å². The molecule has 1 aromatic carbocycles. The summed E-state index contributed by atoms with van der Waals surface area (Å²) in [5.74, 6) is 0.438. The molecule has 1 saturated heterocycles. The minimum atomic E-state index is -0.573. The number of hydrogen-bond acceptors (Lipinski definition) is 5. The number of carbonyl (C=O) groups excluding carboxylic acids is 3. The fourth-order valence-electron chi connectivity index (χ4n) is 3.66. The lowest BCUT2D eigenvalue weighted by atomic mass is 10.2. The molecule has 2 fully saturated rings. The molecule has 3 amide bonds. The van der Waals surface area contributed by atoms with Crippen molar-refractivity contribution in [3.8, 4) is 0 Å². The summed E-state index contributed by atoms with van der Waals surface area (Å²) in [5.41, 5.74) is 0.766. The Kier molecular flexibility index (Phi) is 5.60. The minimum absolute atomic E-state index is 0.0153. The van der Waals surface area contributed by atoms with Crippen LogP contribution in [0.25, 0.3) is 10.9 Å². The topological polar surface area (TPSA) is 96.8 Å². The molecule has 166 valence electrons. The van der Waals surface area contributed by atoms with Crippen LogP contribution in [0, 0.1) is 5.92 Å². The van der Waals surface area contributed by atoms with Crippen molar-refractivity contribution in [3.05, 3.63) is 24.4 Å². The number of amides is 3. The molecular formula is C22H29N5O4. The van der Waals surface area contributed by atoms with Crippen LogP contribution >= 0.6 is 0 Å². The molecular weight excluding hydrogens is 398 g/mol. The normalized spacial score (nSPS) is 17.0. The van der Waals surface area contributed by atoms with Crippen molar-refractivity contribution < 1.29 is 19.1 Å². The Bertz CT molecular complexity index is 997. The molecule has 2 heterocycles. The maximum Gasteiger partial charge on any atom is 0.412 e. The molecule has 31 heavy (non-hydrogen) atoms. The van der Waals surface area contributed by atoms with E-state index in [9.17, 15) is 14.4 Å². The van der Waals surface area contributed by atoms with E-state index in [1.54, 1.807) is 34.0 Å². The Morgan fingerprint density at radius 1 is 1.10 bits per heavy atom. The van der Waals surface area contributed by atoms with Gasteiger partial charge in [0, 0.05) is 49.4 Å². The van der Waals surface area contributed by atoms with Gasteiger partial charge in [0.2, 0.25) is 11.8 Å². The first-order valence-electron chi connectivity index (χ1n) is 10.7. The Morgan fingerprint density at radius 2 is 1.77 bits per heavy atom. The zero-order chi connectivity index (χ0) is 22.2. The lowest BCUT2D eigenvalue weighted by Crippen LogP contribution is -2.51. The molecule has 0 radical (unpaired) electrons. The number of aromatic nitrogens is 2. The highest BCUT2D eigenvalue weighted by Gasteiger charge is 2.35. The molecule has 0 bridgehead atoms. The van der Waals surface area contributed by atoms with E-state index in [0.29, 0.717) is 31.9 Å². The number of ether oxygens (including phenoxy) is 1. The Balaban J connectivity index is 1.34. The number of nitrogens with zero attached hydrogens (tertiary/aromatic N) is 4. The van der Waals surface area contributed by atoms with Gasteiger partial charge in [-0.2, -0.15) is 5.10 Å². The third-order valence-corrected chi connectivity index (χ3v) is 5.37. The summed E-state index contributed by atoms with van der Waals surface area (Å²) < 4.78 is 6.89. The van der Waals surface area contributed by atoms with E-state index >= 15 is 0 Å². The lowest BCUT2D eigenvalue weighted by molar-refractivity contribution is -0.140. The van der Waals surface area contributed by atoms with Crippen molar-refractivity contribution in [3.63, 3.8) is 0 Å². The molecule has 0 unspecified atom stereocenters. The van der Waals surface area contributed by atoms with Crippen LogP contribution in [0.3, 0.4) is 0 Å². The highest BCUT2D eigenvalue weighted by atomic mass is 16.6. The van der Waals surface area contributed by atoms with E-state index in [1.165, 1.54) is 0 Å². The number of rotatable bonds is 4. The second-order valence-electron chi connectivity index (χ2n) is 9.21. The average molecular weight is 428 g/mol. The summed E-state index contributed by atoms with van der Waals surface area (Å²) in [6, 6.07) is 5.35. The van der Waals surface area contributed by atoms with E-state index in [0.717, 1.165) is 23.7 Å². The summed E-state index contributed by atoms with van der Waals surface area (Å²) in [4.78, 5) is 40.5. The highest BCUT2D eigenvalue weighted by molar-refractivity contribution is 5.90. The number of hydrogen-bond donors (Lipinski definition) is 1. The van der Waals surface area contributed by atoms with Gasteiger partial charge in [0.25, 0.3) is 0 Å². The molecule has 4 rings (SSSR count). The van der Waals surface area contributed by atoms with Gasteiger partial charge in [0.15, 0.2) is 0 Å². The van der Waals surface area contributed by atoms with Crippen LogP contribution in [-0.4, -0.2) is 69.3 Å². The number of anilines is 1. The largest absolute Gasteiger partial charge is 0.444 e. The third-order valence-electron chi connectivity index (χ3n) is 5.37. The van der Waals surface area contributed by atoms with Gasteiger partial charge in [-0.05, 0) is 51.8 Å². The molecule has 9 heteroatoms. The van der Waals surface area contributed by atoms with Crippen molar-refractivity contribution >= 4 is 34.5 Å². The van der Waals surface area contributed by atoms with Crippen LogP contribution in [0.1, 0.15) is 33.6 Å². The zero-order valence-electron chi connectivity index (χ0n) is 18.3. The molecule has 1 aliphatic heterocycles. The predicted octanol–water partition coefficient (Wildman–Crippen LogP) is 2.46. The first kappa shape index (κ1) is 21.1. The van der Waals surface area contributed by atoms with Gasteiger partial charge in [0.1, 0.15) is 12.1 Å². The summed E-state index contributed by atoms with van der Waals surface area (Å²) in [5, 5.41) is 8.00. The number of benzene rings is 1. The van der Waals surface area contributed by atoms with E-state index in [-0.39, 0.29) is 24.3 Å². The summed E-state index contributed by atoms with van der Waals surface area (Å²) >= 11 is 0. The highest BCUT2D eigenvalue weighted by Crippen LogP contribution is 2.31. The quantitative estimate of drug-likeness (QED) is 0.809. The smallest absolute Gasteiger partial charge is 0.412 e. The Hall–Kier alpha value is -3.10. The first-order valence-corrected chi connectivity index (χ1v) is 10.7. The van der Waals surface area contributed by atoms with E-state index in [2.05, 4.69) is 10.4 Å². The number of piperazine rings is 1. The third kappa shape index (κ3) is 5.34. The lowest BCUT2D eigenvalue weighted by Gasteiger charge is -2.34. The van der Waals surface area contributed by atoms with Gasteiger partial charge < -0.3 is 14.5 Å². The second kappa shape index (κ2) is 8.20. The van der Waals surface area contributed by atoms with E-state index in [4.69, 9.17) is 4.74 Å². The van der Waals surface area contributed by atoms with Crippen molar-refractivity contribution in [2.24, 2.45) is 5.92 Å². The van der Waals surface area contributed by atoms with Crippen LogP contribution in [0.4, 0.5) is 10.5 Å². The maximum atomic E-state index is 12.7. The Labute approximate surface area is 181 Å². The predicted molar refractivity (Wildman–Crippen MR) is 115 cm³/mol. The molecule has 1 aliphatic carbocycles. The van der Waals surface area contributed by atoms with Crippen LogP contribution in [-0.2, 0) is 20.9 Å². The van der Waals surface area contributed by atoms with Crippen LogP contribution in [0.2, 0.25) is 0 Å². The molecule has 0 atom stereocenters. The fraction of sp³-hybridized carbons (Fsp3) is 0.545. The van der Waals surface area contributed by atoms with E-state index in [1.807, 2.05) is 25.7 Å². The minimum Gasteiger partial charge on any atom is -0.444 e. The van der Waals surface area contributed by atoms with Gasteiger partial charge in [0.05, 0.1) is 5.52 Å². The molecule has 1 aromatic heterocycles. The van der Waals surface area contributed by atoms with Crippen molar-refractivity contribution in [1.29, 1.82) is 0 Å². The van der Waals surface area contributed by atoms with Crippen LogP contribution < -0.4 is 5.32 Å². The first-order chi connectivity index (χ1) is 14.7. The van der Waals surface area contributed by atoms with Crippen molar-refractivity contribution in [1.82, 2.24) is 19.6 Å². The zero-order valence-corrected chi connectivity index (χ0v) is 18.3. The van der Waals surface area contributed by atoms with Crippen LogP contribution in [0.5, 0.6) is 0 Å². The number of nitrogens with one attached hydrogen (secondary N) is 1. The van der Waals surface area contributed by atoms with Gasteiger partial charge in [-0.15, -0.1) is 0 Å². The van der Waals surface area contributed by atoms with Gasteiger partial charge in [-0.3, -0.25) is 19.6 Å². The monoisotopic (exact) mass is 427 g/mol. The molecule has 2 aromatic rings. The maximum absolute atomic E-state index is 12.7. The molecule has 1 N–H and O–H groups in total. The number of fused-ring (bicyclic) bond motifs is 1. The molecule has 2 aliphatic rings. The fourth-order valence-corrected chi connectivity index (χ4v) is 3.66. The summed E-state index contributed by atoms with van der Waals surface area (Å²) in [6.45, 7) is 7.87. The SMILES string of the molecule is CC(C)(C)OC(=O)Nc1ccc2nn(CC(=O)N3CCN(C(=O)C4CC4)CC3)cc2c1. The van der Waals surface area contributed by atoms with Gasteiger partial charge in [-0.25, -0.2) is 4.79 Å². The Morgan fingerprint density at radius 3 is 2.42 bits per heavy atom. The second-order valence-corrected chi connectivity index (χ2v) is 9.21. The average Bonchev–Trinajstić information content (AvgIpc) is 3.46. The van der Waals surface area contributed by atoms with Gasteiger partial charge in [-0.1, -0.05) is 0 Å². The summed E-state index contributed by atoms with van der Waals surface area (Å²) in [6.07, 6.45) is 3.27.